The Morgan fingerprint density at radius 3 is 0.917 bits per heavy atom. The van der Waals surface area contributed by atoms with E-state index in [4.69, 9.17) is 10.2 Å². The molecule has 0 aromatic rings. The molecule has 0 unspecified atom stereocenters. The summed E-state index contributed by atoms with van der Waals surface area (Å²) in [5.74, 6) is -1.87. The van der Waals surface area contributed by atoms with Crippen LogP contribution in [0.5, 0.6) is 0 Å². The van der Waals surface area contributed by atoms with Gasteiger partial charge in [-0.05, 0) is 13.8 Å². The zero-order valence-corrected chi connectivity index (χ0v) is 16.2. The van der Waals surface area contributed by atoms with Crippen molar-refractivity contribution in [1.82, 2.24) is 0 Å². The van der Waals surface area contributed by atoms with Gasteiger partial charge in [0.25, 0.3) is 0 Å². The van der Waals surface area contributed by atoms with Crippen molar-refractivity contribution >= 4 is 11.9 Å². The highest BCUT2D eigenvalue weighted by molar-refractivity contribution is 5.85. The van der Waals surface area contributed by atoms with Crippen LogP contribution >= 0.6 is 0 Å². The molecule has 0 bridgehead atoms. The normalized spacial score (nSPS) is 9.00. The predicted molar refractivity (Wildman–Crippen MR) is 102 cm³/mol. The lowest BCUT2D eigenvalue weighted by Crippen LogP contribution is -1.92. The number of carboxylic acids is 2. The van der Waals surface area contributed by atoms with Gasteiger partial charge in [0.2, 0.25) is 0 Å². The van der Waals surface area contributed by atoms with E-state index in [0.29, 0.717) is 0 Å². The second kappa shape index (κ2) is 21.4. The number of rotatable bonds is 11. The third kappa shape index (κ3) is 32.4. The molecule has 0 aromatic carbocycles. The van der Waals surface area contributed by atoms with Gasteiger partial charge in [-0.1, -0.05) is 91.2 Å². The van der Waals surface area contributed by atoms with Crippen LogP contribution in [0.4, 0.5) is 0 Å². The van der Waals surface area contributed by atoms with Crippen molar-refractivity contribution in [3.05, 3.63) is 24.3 Å². The number of hydrogen-bond donors (Lipinski definition) is 2. The van der Waals surface area contributed by atoms with Crippen molar-refractivity contribution in [3.8, 4) is 0 Å². The zero-order valence-electron chi connectivity index (χ0n) is 16.2. The highest BCUT2D eigenvalue weighted by Crippen LogP contribution is 2.09. The number of unbranched alkanes of at least 4 members (excludes halogenated alkanes) is 9. The predicted octanol–water partition coefficient (Wildman–Crippen LogP) is 6.22. The number of aliphatic carboxylic acids is 2. The van der Waals surface area contributed by atoms with Gasteiger partial charge in [0, 0.05) is 11.1 Å². The minimum Gasteiger partial charge on any atom is -0.478 e. The topological polar surface area (TPSA) is 74.6 Å². The lowest BCUT2D eigenvalue weighted by Gasteiger charge is -1.99. The average Bonchev–Trinajstić information content (AvgIpc) is 2.51. The smallest absolute Gasteiger partial charge is 0.330 e. The van der Waals surface area contributed by atoms with E-state index in [2.05, 4.69) is 27.0 Å². The summed E-state index contributed by atoms with van der Waals surface area (Å²) in [5, 5.41) is 15.8. The van der Waals surface area contributed by atoms with Crippen molar-refractivity contribution in [2.75, 3.05) is 0 Å². The monoisotopic (exact) mass is 342 g/mol. The first-order valence-corrected chi connectivity index (χ1v) is 8.98. The van der Waals surface area contributed by atoms with E-state index in [1.165, 1.54) is 78.1 Å². The van der Waals surface area contributed by atoms with Crippen LogP contribution in [-0.2, 0) is 9.59 Å². The van der Waals surface area contributed by atoms with Gasteiger partial charge in [-0.15, -0.1) is 0 Å². The molecule has 0 radical (unpaired) electrons. The first kappa shape index (κ1) is 27.3. The van der Waals surface area contributed by atoms with Crippen LogP contribution in [0.15, 0.2) is 24.3 Å². The highest BCUT2D eigenvalue weighted by Gasteiger charge is 1.91. The fraction of sp³-hybridized carbons (Fsp3) is 0.700. The molecule has 0 fully saturated rings. The molecule has 0 atom stereocenters. The van der Waals surface area contributed by atoms with Crippen molar-refractivity contribution in [3.63, 3.8) is 0 Å². The largest absolute Gasteiger partial charge is 0.478 e. The van der Waals surface area contributed by atoms with Gasteiger partial charge in [0.1, 0.15) is 0 Å². The summed E-state index contributed by atoms with van der Waals surface area (Å²) in [4.78, 5) is 19.2. The van der Waals surface area contributed by atoms with E-state index >= 15 is 0 Å². The molecule has 0 aliphatic carbocycles. The van der Waals surface area contributed by atoms with Crippen LogP contribution in [0, 0.1) is 0 Å². The molecular formula is C20H38O4. The number of carboxylic acid groups (broad SMARTS) is 2. The van der Waals surface area contributed by atoms with Gasteiger partial charge < -0.3 is 10.2 Å². The van der Waals surface area contributed by atoms with Crippen LogP contribution in [0.1, 0.15) is 91.9 Å². The SMILES string of the molecule is C=C(C)C(=O)O.C=C(C)C(=O)O.CCCCCCCCCCCC. The number of hydrogen-bond acceptors (Lipinski definition) is 2. The van der Waals surface area contributed by atoms with Gasteiger partial charge in [-0.2, -0.15) is 0 Å². The Labute approximate surface area is 148 Å². The average molecular weight is 343 g/mol. The van der Waals surface area contributed by atoms with Crippen LogP contribution in [-0.4, -0.2) is 22.2 Å². The fourth-order valence-corrected chi connectivity index (χ4v) is 1.56. The lowest BCUT2D eigenvalue weighted by molar-refractivity contribution is -0.133. The molecule has 0 saturated heterocycles. The molecular weight excluding hydrogens is 304 g/mol. The van der Waals surface area contributed by atoms with Crippen molar-refractivity contribution < 1.29 is 19.8 Å². The Morgan fingerprint density at radius 2 is 0.792 bits per heavy atom. The Bertz CT molecular complexity index is 288. The Hall–Kier alpha value is -1.58. The molecule has 0 rings (SSSR count). The third-order valence-corrected chi connectivity index (χ3v) is 3.19. The number of carbonyl (C=O) groups is 2. The van der Waals surface area contributed by atoms with E-state index < -0.39 is 11.9 Å². The highest BCUT2D eigenvalue weighted by atomic mass is 16.4. The van der Waals surface area contributed by atoms with Crippen LogP contribution in [0.3, 0.4) is 0 Å². The minimum absolute atomic E-state index is 0.176. The maximum atomic E-state index is 9.60. The quantitative estimate of drug-likeness (QED) is 0.345. The standard InChI is InChI=1S/C12H26.2C4H6O2/c1-3-5-7-9-11-12-10-8-6-4-2;2*1-3(2)4(5)6/h3-12H2,1-2H3;2*1H2,2H3,(H,5,6). The molecule has 0 amide bonds. The van der Waals surface area contributed by atoms with E-state index in [9.17, 15) is 9.59 Å². The van der Waals surface area contributed by atoms with E-state index in [0.717, 1.165) is 0 Å². The lowest BCUT2D eigenvalue weighted by atomic mass is 10.1. The fourth-order valence-electron chi connectivity index (χ4n) is 1.56. The van der Waals surface area contributed by atoms with E-state index in [1.54, 1.807) is 0 Å². The summed E-state index contributed by atoms with van der Waals surface area (Å²) in [7, 11) is 0. The molecule has 0 heterocycles. The zero-order chi connectivity index (χ0) is 19.4. The first-order chi connectivity index (χ1) is 11.2. The van der Waals surface area contributed by atoms with Crippen molar-refractivity contribution in [1.29, 1.82) is 0 Å². The summed E-state index contributed by atoms with van der Waals surface area (Å²) in [6.45, 7) is 13.8. The summed E-state index contributed by atoms with van der Waals surface area (Å²) >= 11 is 0. The van der Waals surface area contributed by atoms with E-state index in [-0.39, 0.29) is 11.1 Å². The third-order valence-electron chi connectivity index (χ3n) is 3.19. The first-order valence-electron chi connectivity index (χ1n) is 8.98. The Morgan fingerprint density at radius 1 is 0.625 bits per heavy atom. The van der Waals surface area contributed by atoms with Crippen LogP contribution in [0.25, 0.3) is 0 Å². The molecule has 0 saturated carbocycles. The molecule has 4 nitrogen and oxygen atoms in total. The second-order valence-electron chi connectivity index (χ2n) is 6.00. The van der Waals surface area contributed by atoms with Crippen LogP contribution in [0.2, 0.25) is 0 Å². The molecule has 0 spiro atoms. The van der Waals surface area contributed by atoms with Gasteiger partial charge in [0.05, 0.1) is 0 Å². The van der Waals surface area contributed by atoms with Crippen molar-refractivity contribution in [2.45, 2.75) is 91.9 Å². The Balaban J connectivity index is -0.000000309. The summed E-state index contributed by atoms with van der Waals surface area (Å²) in [6.07, 6.45) is 14.4. The maximum absolute atomic E-state index is 9.60. The minimum atomic E-state index is -0.935. The maximum Gasteiger partial charge on any atom is 0.330 e. The van der Waals surface area contributed by atoms with Gasteiger partial charge in [0.15, 0.2) is 0 Å². The summed E-state index contributed by atoms with van der Waals surface area (Å²) < 4.78 is 0. The molecule has 2 N–H and O–H groups in total. The van der Waals surface area contributed by atoms with Gasteiger partial charge >= 0.3 is 11.9 Å². The van der Waals surface area contributed by atoms with Crippen LogP contribution < -0.4 is 0 Å². The van der Waals surface area contributed by atoms with Crippen molar-refractivity contribution in [2.24, 2.45) is 0 Å². The van der Waals surface area contributed by atoms with E-state index in [1.807, 2.05) is 0 Å². The van der Waals surface area contributed by atoms with Gasteiger partial charge in [-0.3, -0.25) is 0 Å². The molecule has 142 valence electrons. The summed E-state index contributed by atoms with van der Waals surface area (Å²) in [5.41, 5.74) is 0.352. The molecule has 0 aliphatic heterocycles. The molecule has 4 heteroatoms. The Kier molecular flexibility index (Phi) is 24.3. The molecule has 0 aromatic heterocycles. The second-order valence-corrected chi connectivity index (χ2v) is 6.00. The summed E-state index contributed by atoms with van der Waals surface area (Å²) in [6, 6.07) is 0. The van der Waals surface area contributed by atoms with Gasteiger partial charge in [-0.25, -0.2) is 9.59 Å². The molecule has 24 heavy (non-hydrogen) atoms. The molecule has 0 aliphatic rings.